The summed E-state index contributed by atoms with van der Waals surface area (Å²) in [5.41, 5.74) is 0. The summed E-state index contributed by atoms with van der Waals surface area (Å²) in [7, 11) is 0. The fourth-order valence-corrected chi connectivity index (χ4v) is 10.5. The quantitative estimate of drug-likeness (QED) is 0.0261. The van der Waals surface area contributed by atoms with Crippen LogP contribution in [0.15, 0.2) is 85.1 Å². The molecule has 0 amide bonds. The second-order valence-corrected chi connectivity index (χ2v) is 24.1. The summed E-state index contributed by atoms with van der Waals surface area (Å²) in [5.74, 6) is -0.874. The molecule has 6 nitrogen and oxygen atoms in total. The Morgan fingerprint density at radius 3 is 0.795 bits per heavy atom. The lowest BCUT2D eigenvalue weighted by Crippen LogP contribution is -2.30. The zero-order valence-electron chi connectivity index (χ0n) is 55.2. The Labute approximate surface area is 515 Å². The van der Waals surface area contributed by atoms with Crippen molar-refractivity contribution < 1.29 is 28.6 Å². The third kappa shape index (κ3) is 69.3. The molecule has 0 aromatic rings. The standard InChI is InChI=1S/C77H136O6/c1-4-7-10-13-16-19-22-25-27-29-31-32-33-34-35-36-37-38-39-40-41-42-43-44-46-47-49-52-55-58-61-64-67-70-76(79)82-73-74(72-81-75(78)69-66-63-60-57-54-51-24-21-18-15-12-9-6-3)83-77(80)71-68-65-62-59-56-53-50-48-45-30-28-26-23-20-17-14-11-8-5-2/h7,10,12,15-16,19,21,24-28,31-32,74H,4-6,8-9,11,13-14,17-18,20,22-23,29-30,33-73H2,1-3H3/b10-7-,15-12-,19-16-,24-21-,27-25-,28-26-,32-31-. The summed E-state index contributed by atoms with van der Waals surface area (Å²) < 4.78 is 17.0. The molecule has 6 heteroatoms. The topological polar surface area (TPSA) is 78.9 Å². The van der Waals surface area contributed by atoms with Crippen molar-refractivity contribution >= 4 is 17.9 Å². The normalized spacial score (nSPS) is 12.6. The van der Waals surface area contributed by atoms with E-state index in [1.165, 1.54) is 218 Å². The van der Waals surface area contributed by atoms with Crippen LogP contribution in [0.3, 0.4) is 0 Å². The Balaban J connectivity index is 4.16. The zero-order valence-corrected chi connectivity index (χ0v) is 55.2. The van der Waals surface area contributed by atoms with Crippen LogP contribution in [0.1, 0.15) is 367 Å². The predicted octanol–water partition coefficient (Wildman–Crippen LogP) is 25.0. The molecule has 0 rings (SSSR count). The van der Waals surface area contributed by atoms with Gasteiger partial charge in [0.1, 0.15) is 13.2 Å². The van der Waals surface area contributed by atoms with Crippen molar-refractivity contribution in [1.82, 2.24) is 0 Å². The lowest BCUT2D eigenvalue weighted by atomic mass is 10.0. The van der Waals surface area contributed by atoms with Crippen LogP contribution in [0, 0.1) is 0 Å². The van der Waals surface area contributed by atoms with E-state index in [9.17, 15) is 14.4 Å². The molecule has 0 saturated carbocycles. The van der Waals surface area contributed by atoms with Gasteiger partial charge < -0.3 is 14.2 Å². The molecule has 83 heavy (non-hydrogen) atoms. The van der Waals surface area contributed by atoms with E-state index in [0.717, 1.165) is 109 Å². The first-order chi connectivity index (χ1) is 41.0. The summed E-state index contributed by atoms with van der Waals surface area (Å²) in [6.07, 6.45) is 94.8. The van der Waals surface area contributed by atoms with Crippen LogP contribution < -0.4 is 0 Å². The van der Waals surface area contributed by atoms with Gasteiger partial charge in [-0.15, -0.1) is 0 Å². The molecule has 0 radical (unpaired) electrons. The van der Waals surface area contributed by atoms with Gasteiger partial charge in [0, 0.05) is 19.3 Å². The van der Waals surface area contributed by atoms with E-state index < -0.39 is 6.10 Å². The van der Waals surface area contributed by atoms with Gasteiger partial charge in [0.15, 0.2) is 6.10 Å². The van der Waals surface area contributed by atoms with Crippen molar-refractivity contribution in [2.24, 2.45) is 0 Å². The van der Waals surface area contributed by atoms with Crippen LogP contribution in [0.5, 0.6) is 0 Å². The highest BCUT2D eigenvalue weighted by atomic mass is 16.6. The van der Waals surface area contributed by atoms with Gasteiger partial charge in [-0.25, -0.2) is 0 Å². The molecule has 0 aliphatic carbocycles. The summed E-state index contributed by atoms with van der Waals surface area (Å²) in [6.45, 7) is 6.50. The van der Waals surface area contributed by atoms with Gasteiger partial charge in [0.05, 0.1) is 0 Å². The highest BCUT2D eigenvalue weighted by molar-refractivity contribution is 5.71. The van der Waals surface area contributed by atoms with Crippen LogP contribution in [-0.2, 0) is 28.6 Å². The molecule has 0 spiro atoms. The van der Waals surface area contributed by atoms with Crippen molar-refractivity contribution in [2.45, 2.75) is 374 Å². The SMILES string of the molecule is CC/C=C\C/C=C\C/C=C\C/C=C\CCCCCCCCCCCCCCCCCCCCCCC(=O)OCC(COC(=O)CCCCCCC/C=C\C/C=C\CCC)OC(=O)CCCCCCCCCCC/C=C\CCCCCCCC. The molecule has 0 aliphatic heterocycles. The number of carbonyl (C=O) groups excluding carboxylic acids is 3. The minimum absolute atomic E-state index is 0.0773. The Bertz CT molecular complexity index is 1570. The van der Waals surface area contributed by atoms with Gasteiger partial charge in [-0.3, -0.25) is 14.4 Å². The van der Waals surface area contributed by atoms with E-state index in [4.69, 9.17) is 14.2 Å². The minimum atomic E-state index is -0.782. The maximum absolute atomic E-state index is 12.9. The van der Waals surface area contributed by atoms with E-state index in [1.807, 2.05) is 0 Å². The van der Waals surface area contributed by atoms with Gasteiger partial charge in [-0.1, -0.05) is 324 Å². The third-order valence-electron chi connectivity index (χ3n) is 15.8. The van der Waals surface area contributed by atoms with E-state index in [-0.39, 0.29) is 31.1 Å². The first-order valence-electron chi connectivity index (χ1n) is 36.1. The molecule has 0 aliphatic rings. The van der Waals surface area contributed by atoms with Crippen LogP contribution in [-0.4, -0.2) is 37.2 Å². The van der Waals surface area contributed by atoms with E-state index in [2.05, 4.69) is 106 Å². The molecule has 1 atom stereocenters. The van der Waals surface area contributed by atoms with Crippen molar-refractivity contribution in [1.29, 1.82) is 0 Å². The highest BCUT2D eigenvalue weighted by Gasteiger charge is 2.19. The van der Waals surface area contributed by atoms with Crippen molar-refractivity contribution in [3.8, 4) is 0 Å². The summed E-state index contributed by atoms with van der Waals surface area (Å²) in [5, 5.41) is 0. The van der Waals surface area contributed by atoms with Gasteiger partial charge in [0.25, 0.3) is 0 Å². The lowest BCUT2D eigenvalue weighted by molar-refractivity contribution is -0.167. The van der Waals surface area contributed by atoms with Gasteiger partial charge >= 0.3 is 17.9 Å². The van der Waals surface area contributed by atoms with Gasteiger partial charge in [-0.05, 0) is 109 Å². The molecular formula is C77H136O6. The summed E-state index contributed by atoms with van der Waals surface area (Å²) >= 11 is 0. The Morgan fingerprint density at radius 1 is 0.253 bits per heavy atom. The largest absolute Gasteiger partial charge is 0.462 e. The molecule has 0 saturated heterocycles. The van der Waals surface area contributed by atoms with Crippen LogP contribution in [0.25, 0.3) is 0 Å². The zero-order chi connectivity index (χ0) is 59.9. The number of allylic oxidation sites excluding steroid dienone is 14. The molecule has 0 bridgehead atoms. The number of ether oxygens (including phenoxy) is 3. The average molecular weight is 1160 g/mol. The number of unbranched alkanes of at least 4 members (excludes halogenated alkanes) is 41. The van der Waals surface area contributed by atoms with Crippen molar-refractivity contribution in [3.63, 3.8) is 0 Å². The van der Waals surface area contributed by atoms with E-state index >= 15 is 0 Å². The molecule has 0 aromatic carbocycles. The predicted molar refractivity (Wildman–Crippen MR) is 362 cm³/mol. The number of carbonyl (C=O) groups is 3. The third-order valence-corrected chi connectivity index (χ3v) is 15.8. The number of rotatable bonds is 66. The highest BCUT2D eigenvalue weighted by Crippen LogP contribution is 2.18. The molecule has 1 unspecified atom stereocenters. The fraction of sp³-hybridized carbons (Fsp3) is 0.779. The Kier molecular flexibility index (Phi) is 68.2. The second kappa shape index (κ2) is 71.1. The Hall–Kier alpha value is -3.41. The first kappa shape index (κ1) is 79.6. The van der Waals surface area contributed by atoms with Crippen molar-refractivity contribution in [3.05, 3.63) is 85.1 Å². The van der Waals surface area contributed by atoms with Gasteiger partial charge in [-0.2, -0.15) is 0 Å². The second-order valence-electron chi connectivity index (χ2n) is 24.1. The van der Waals surface area contributed by atoms with E-state index in [1.54, 1.807) is 0 Å². The van der Waals surface area contributed by atoms with Crippen LogP contribution in [0.2, 0.25) is 0 Å². The van der Waals surface area contributed by atoms with Gasteiger partial charge in [0.2, 0.25) is 0 Å². The maximum Gasteiger partial charge on any atom is 0.306 e. The molecule has 0 aromatic heterocycles. The van der Waals surface area contributed by atoms with Crippen LogP contribution >= 0.6 is 0 Å². The first-order valence-corrected chi connectivity index (χ1v) is 36.1. The summed E-state index contributed by atoms with van der Waals surface area (Å²) in [6, 6.07) is 0. The van der Waals surface area contributed by atoms with Crippen molar-refractivity contribution in [2.75, 3.05) is 13.2 Å². The molecule has 0 fully saturated rings. The monoisotopic (exact) mass is 1160 g/mol. The van der Waals surface area contributed by atoms with Crippen LogP contribution in [0.4, 0.5) is 0 Å². The van der Waals surface area contributed by atoms with E-state index in [0.29, 0.717) is 19.3 Å². The lowest BCUT2D eigenvalue weighted by Gasteiger charge is -2.18. The average Bonchev–Trinajstić information content (AvgIpc) is 3.49. The fourth-order valence-electron chi connectivity index (χ4n) is 10.5. The molecular weight excluding hydrogens is 1020 g/mol. The summed E-state index contributed by atoms with van der Waals surface area (Å²) in [4.78, 5) is 38.4. The Morgan fingerprint density at radius 2 is 0.494 bits per heavy atom. The molecule has 0 N–H and O–H groups in total. The molecule has 480 valence electrons. The number of hydrogen-bond acceptors (Lipinski definition) is 6. The number of hydrogen-bond donors (Lipinski definition) is 0. The number of esters is 3. The maximum atomic E-state index is 12.9. The smallest absolute Gasteiger partial charge is 0.306 e. The minimum Gasteiger partial charge on any atom is -0.462 e. The molecule has 0 heterocycles.